The summed E-state index contributed by atoms with van der Waals surface area (Å²) in [7, 11) is 1.66. The van der Waals surface area contributed by atoms with Crippen LogP contribution >= 0.6 is 0 Å². The van der Waals surface area contributed by atoms with E-state index < -0.39 is 5.54 Å². The number of carbonyl (C=O) groups excluding carboxylic acids is 2. The minimum absolute atomic E-state index is 0.0167. The quantitative estimate of drug-likeness (QED) is 0.644. The van der Waals surface area contributed by atoms with Crippen LogP contribution in [0.15, 0.2) is 0 Å². The minimum atomic E-state index is -0.793. The number of ether oxygens (including phenoxy) is 2. The molecule has 1 aliphatic heterocycles. The molecule has 2 amide bonds. The van der Waals surface area contributed by atoms with Crippen LogP contribution < -0.4 is 5.32 Å². The van der Waals surface area contributed by atoms with Gasteiger partial charge in [0, 0.05) is 26.9 Å². The Hall–Kier alpha value is -1.14. The Morgan fingerprint density at radius 2 is 1.95 bits per heavy atom. The molecule has 21 heavy (non-hydrogen) atoms. The van der Waals surface area contributed by atoms with Crippen molar-refractivity contribution < 1.29 is 19.1 Å². The third-order valence-corrected chi connectivity index (χ3v) is 4.02. The maximum absolute atomic E-state index is 12.6. The third kappa shape index (κ3) is 4.41. The van der Waals surface area contributed by atoms with Gasteiger partial charge in [0.2, 0.25) is 11.8 Å². The highest BCUT2D eigenvalue weighted by molar-refractivity contribution is 5.99. The molecule has 1 aliphatic rings. The van der Waals surface area contributed by atoms with E-state index in [1.165, 1.54) is 0 Å². The second-order valence-corrected chi connectivity index (χ2v) is 5.56. The number of nitrogens with one attached hydrogen (secondary N) is 1. The molecule has 6 nitrogen and oxygen atoms in total. The summed E-state index contributed by atoms with van der Waals surface area (Å²) < 4.78 is 10.5. The molecule has 6 heteroatoms. The topological polar surface area (TPSA) is 67.9 Å². The number of piperazine rings is 1. The van der Waals surface area contributed by atoms with Gasteiger partial charge < -0.3 is 19.7 Å². The molecule has 0 aromatic rings. The largest absolute Gasteiger partial charge is 0.385 e. The molecule has 1 N–H and O–H groups in total. The molecule has 2 unspecified atom stereocenters. The fourth-order valence-corrected chi connectivity index (χ4v) is 2.48. The van der Waals surface area contributed by atoms with Gasteiger partial charge in [-0.05, 0) is 26.2 Å². The monoisotopic (exact) mass is 300 g/mol. The molecule has 1 heterocycles. The zero-order valence-corrected chi connectivity index (χ0v) is 13.6. The van der Waals surface area contributed by atoms with Crippen LogP contribution in [0.1, 0.15) is 40.0 Å². The molecule has 2 atom stereocenters. The fourth-order valence-electron chi connectivity index (χ4n) is 2.48. The van der Waals surface area contributed by atoms with E-state index in [4.69, 9.17) is 9.47 Å². The van der Waals surface area contributed by atoms with Crippen molar-refractivity contribution in [3.63, 3.8) is 0 Å². The van der Waals surface area contributed by atoms with Gasteiger partial charge in [-0.25, -0.2) is 0 Å². The number of rotatable bonds is 9. The molecule has 1 rings (SSSR count). The van der Waals surface area contributed by atoms with Gasteiger partial charge in [0.1, 0.15) is 11.6 Å². The number of methoxy groups -OCH3 is 1. The van der Waals surface area contributed by atoms with Gasteiger partial charge in [-0.15, -0.1) is 0 Å². The molecule has 0 bridgehead atoms. The van der Waals surface area contributed by atoms with Crippen LogP contribution in [0.5, 0.6) is 0 Å². The van der Waals surface area contributed by atoms with Crippen molar-refractivity contribution in [1.29, 1.82) is 0 Å². The highest BCUT2D eigenvalue weighted by Crippen LogP contribution is 2.22. The predicted molar refractivity (Wildman–Crippen MR) is 79.9 cm³/mol. The van der Waals surface area contributed by atoms with Crippen molar-refractivity contribution in [3.05, 3.63) is 0 Å². The van der Waals surface area contributed by atoms with E-state index in [1.807, 2.05) is 13.8 Å². The molecule has 1 saturated heterocycles. The van der Waals surface area contributed by atoms with Gasteiger partial charge in [-0.1, -0.05) is 13.8 Å². The number of hydrogen-bond acceptors (Lipinski definition) is 4. The lowest BCUT2D eigenvalue weighted by Gasteiger charge is -2.43. The lowest BCUT2D eigenvalue weighted by atomic mass is 9.91. The molecule has 0 spiro atoms. The molecule has 0 aromatic carbocycles. The number of carbonyl (C=O) groups is 2. The first kappa shape index (κ1) is 17.9. The van der Waals surface area contributed by atoms with E-state index in [0.717, 1.165) is 6.42 Å². The molecule has 122 valence electrons. The van der Waals surface area contributed by atoms with Crippen molar-refractivity contribution >= 4 is 11.8 Å². The zero-order chi connectivity index (χ0) is 15.9. The predicted octanol–water partition coefficient (Wildman–Crippen LogP) is 0.945. The van der Waals surface area contributed by atoms with Crippen LogP contribution in [0, 0.1) is 0 Å². The Kier molecular flexibility index (Phi) is 7.11. The standard InChI is InChI=1S/C15H28N2O4/c1-5-12-13(18)16-15(3,6-2)14(19)17(12)8-11-21-10-7-9-20-4/h12H,5-11H2,1-4H3,(H,16,18). The average Bonchev–Trinajstić information content (AvgIpc) is 2.47. The summed E-state index contributed by atoms with van der Waals surface area (Å²) in [5.74, 6) is -0.0854. The molecule has 0 radical (unpaired) electrons. The average molecular weight is 300 g/mol. The Morgan fingerprint density at radius 3 is 2.52 bits per heavy atom. The van der Waals surface area contributed by atoms with Gasteiger partial charge >= 0.3 is 0 Å². The smallest absolute Gasteiger partial charge is 0.248 e. The molecule has 0 aliphatic carbocycles. The van der Waals surface area contributed by atoms with E-state index in [0.29, 0.717) is 39.2 Å². The van der Waals surface area contributed by atoms with E-state index in [9.17, 15) is 9.59 Å². The van der Waals surface area contributed by atoms with Crippen LogP contribution in [-0.2, 0) is 19.1 Å². The summed E-state index contributed by atoms with van der Waals surface area (Å²) in [6, 6.07) is -0.389. The molecular formula is C15H28N2O4. The first-order chi connectivity index (χ1) is 10.00. The summed E-state index contributed by atoms with van der Waals surface area (Å²) in [6.45, 7) is 7.76. The number of nitrogens with zero attached hydrogens (tertiary/aromatic N) is 1. The van der Waals surface area contributed by atoms with Gasteiger partial charge in [0.05, 0.1) is 6.61 Å². The summed E-state index contributed by atoms with van der Waals surface area (Å²) in [5.41, 5.74) is -0.793. The van der Waals surface area contributed by atoms with Crippen molar-refractivity contribution in [2.24, 2.45) is 0 Å². The zero-order valence-electron chi connectivity index (χ0n) is 13.6. The van der Waals surface area contributed by atoms with Gasteiger partial charge in [-0.2, -0.15) is 0 Å². The summed E-state index contributed by atoms with van der Waals surface area (Å²) in [5, 5.41) is 2.85. The van der Waals surface area contributed by atoms with E-state index in [1.54, 1.807) is 18.9 Å². The van der Waals surface area contributed by atoms with Gasteiger partial charge in [0.15, 0.2) is 0 Å². The maximum Gasteiger partial charge on any atom is 0.248 e. The second kappa shape index (κ2) is 8.34. The van der Waals surface area contributed by atoms with Crippen molar-refractivity contribution in [2.45, 2.75) is 51.6 Å². The van der Waals surface area contributed by atoms with E-state index >= 15 is 0 Å². The lowest BCUT2D eigenvalue weighted by molar-refractivity contribution is -0.155. The van der Waals surface area contributed by atoms with Crippen LogP contribution in [0.3, 0.4) is 0 Å². The lowest BCUT2D eigenvalue weighted by Crippen LogP contribution is -2.69. The first-order valence-electron chi connectivity index (χ1n) is 7.70. The summed E-state index contributed by atoms with van der Waals surface area (Å²) in [4.78, 5) is 26.4. The Bertz CT molecular complexity index is 362. The first-order valence-corrected chi connectivity index (χ1v) is 7.70. The molecule has 0 saturated carbocycles. The second-order valence-electron chi connectivity index (χ2n) is 5.56. The van der Waals surface area contributed by atoms with Crippen LogP contribution in [0.25, 0.3) is 0 Å². The van der Waals surface area contributed by atoms with Crippen molar-refractivity contribution in [1.82, 2.24) is 10.2 Å². The molecule has 0 aromatic heterocycles. The fraction of sp³-hybridized carbons (Fsp3) is 0.867. The third-order valence-electron chi connectivity index (χ3n) is 4.02. The number of hydrogen-bond donors (Lipinski definition) is 1. The van der Waals surface area contributed by atoms with Gasteiger partial charge in [0.25, 0.3) is 0 Å². The Balaban J connectivity index is 2.58. The highest BCUT2D eigenvalue weighted by atomic mass is 16.5. The normalized spacial score (nSPS) is 26.1. The van der Waals surface area contributed by atoms with Crippen molar-refractivity contribution in [3.8, 4) is 0 Å². The van der Waals surface area contributed by atoms with Crippen molar-refractivity contribution in [2.75, 3.05) is 33.5 Å². The Morgan fingerprint density at radius 1 is 1.24 bits per heavy atom. The minimum Gasteiger partial charge on any atom is -0.385 e. The van der Waals surface area contributed by atoms with Crippen LogP contribution in [0.2, 0.25) is 0 Å². The van der Waals surface area contributed by atoms with E-state index in [2.05, 4.69) is 5.32 Å². The van der Waals surface area contributed by atoms with Crippen LogP contribution in [-0.4, -0.2) is 61.8 Å². The summed E-state index contributed by atoms with van der Waals surface area (Å²) >= 11 is 0. The van der Waals surface area contributed by atoms with Gasteiger partial charge in [-0.3, -0.25) is 9.59 Å². The molecular weight excluding hydrogens is 272 g/mol. The maximum atomic E-state index is 12.6. The number of amides is 2. The SMILES string of the molecule is CCC1C(=O)NC(C)(CC)C(=O)N1CCOCCCOC. The van der Waals surface area contributed by atoms with E-state index in [-0.39, 0.29) is 17.9 Å². The summed E-state index contributed by atoms with van der Waals surface area (Å²) in [6.07, 6.45) is 2.02. The Labute approximate surface area is 127 Å². The highest BCUT2D eigenvalue weighted by Gasteiger charge is 2.45. The molecule has 1 fully saturated rings. The van der Waals surface area contributed by atoms with Crippen LogP contribution in [0.4, 0.5) is 0 Å².